The number of ether oxygens (including phenoxy) is 2. The fraction of sp³-hybridized carbons (Fsp3) is 0.125. The highest BCUT2D eigenvalue weighted by molar-refractivity contribution is 6.00. The molecule has 0 unspecified atom stereocenters. The molecule has 0 radical (unpaired) electrons. The maximum atomic E-state index is 12.1. The fourth-order valence-corrected chi connectivity index (χ4v) is 1.87. The van der Waals surface area contributed by atoms with Gasteiger partial charge in [-0.3, -0.25) is 4.79 Å². The van der Waals surface area contributed by atoms with E-state index in [1.54, 1.807) is 36.4 Å². The number of aromatic carboxylic acids is 1. The molecule has 108 valence electrons. The maximum Gasteiger partial charge on any atom is 0.339 e. The van der Waals surface area contributed by atoms with Gasteiger partial charge in [-0.05, 0) is 24.3 Å². The molecule has 5 nitrogen and oxygen atoms in total. The third-order valence-electron chi connectivity index (χ3n) is 2.88. The third kappa shape index (κ3) is 3.39. The largest absolute Gasteiger partial charge is 0.496 e. The highest BCUT2D eigenvalue weighted by Gasteiger charge is 2.15. The molecule has 0 aliphatic rings. The molecule has 21 heavy (non-hydrogen) atoms. The summed E-state index contributed by atoms with van der Waals surface area (Å²) < 4.78 is 10.4. The van der Waals surface area contributed by atoms with Crippen molar-refractivity contribution in [1.29, 1.82) is 0 Å². The molecule has 2 rings (SSSR count). The van der Waals surface area contributed by atoms with E-state index in [1.807, 2.05) is 0 Å². The Bertz CT molecular complexity index is 663. The number of Topliss-reactive ketones (excluding diaryl/α,β-unsaturated/α-hetero) is 1. The quantitative estimate of drug-likeness (QED) is 0.826. The summed E-state index contributed by atoms with van der Waals surface area (Å²) in [6.45, 7) is -0.259. The number of carboxylic acids is 1. The first-order valence-electron chi connectivity index (χ1n) is 6.25. The lowest BCUT2D eigenvalue weighted by Gasteiger charge is -2.10. The smallest absolute Gasteiger partial charge is 0.339 e. The average Bonchev–Trinajstić information content (AvgIpc) is 2.52. The number of carboxylic acid groups (broad SMARTS) is 1. The van der Waals surface area contributed by atoms with Gasteiger partial charge in [0.2, 0.25) is 5.78 Å². The molecule has 0 aliphatic heterocycles. The van der Waals surface area contributed by atoms with Gasteiger partial charge in [0.15, 0.2) is 6.61 Å². The molecule has 0 fully saturated rings. The minimum atomic E-state index is -1.10. The Morgan fingerprint density at radius 3 is 2.14 bits per heavy atom. The van der Waals surface area contributed by atoms with E-state index in [0.717, 1.165) is 0 Å². The van der Waals surface area contributed by atoms with Crippen LogP contribution in [-0.4, -0.2) is 30.6 Å². The van der Waals surface area contributed by atoms with E-state index >= 15 is 0 Å². The zero-order valence-corrected chi connectivity index (χ0v) is 11.4. The summed E-state index contributed by atoms with van der Waals surface area (Å²) in [5.74, 6) is -0.770. The molecule has 0 amide bonds. The fourth-order valence-electron chi connectivity index (χ4n) is 1.87. The van der Waals surface area contributed by atoms with Crippen LogP contribution in [0, 0.1) is 0 Å². The molecule has 5 heteroatoms. The first kappa shape index (κ1) is 14.6. The predicted molar refractivity (Wildman–Crippen MR) is 76.2 cm³/mol. The van der Waals surface area contributed by atoms with Crippen molar-refractivity contribution in [3.8, 4) is 11.5 Å². The molecule has 2 aromatic carbocycles. The van der Waals surface area contributed by atoms with Gasteiger partial charge in [-0.2, -0.15) is 0 Å². The molecule has 0 heterocycles. The van der Waals surface area contributed by atoms with Crippen LogP contribution in [0.5, 0.6) is 11.5 Å². The Morgan fingerprint density at radius 2 is 1.52 bits per heavy atom. The van der Waals surface area contributed by atoms with Crippen molar-refractivity contribution in [1.82, 2.24) is 0 Å². The molecule has 0 atom stereocenters. The van der Waals surface area contributed by atoms with E-state index in [1.165, 1.54) is 19.2 Å². The van der Waals surface area contributed by atoms with Gasteiger partial charge in [0.05, 0.1) is 12.7 Å². The summed E-state index contributed by atoms with van der Waals surface area (Å²) in [5.41, 5.74) is 0.415. The molecule has 0 saturated heterocycles. The van der Waals surface area contributed by atoms with Crippen LogP contribution in [0.15, 0.2) is 48.5 Å². The Morgan fingerprint density at radius 1 is 0.952 bits per heavy atom. The molecule has 0 aliphatic carbocycles. The first-order chi connectivity index (χ1) is 10.1. The number of carbonyl (C=O) groups excluding carboxylic acids is 1. The highest BCUT2D eigenvalue weighted by Crippen LogP contribution is 2.20. The lowest BCUT2D eigenvalue weighted by Crippen LogP contribution is -2.14. The lowest BCUT2D eigenvalue weighted by atomic mass is 10.1. The first-order valence-corrected chi connectivity index (χ1v) is 6.25. The van der Waals surface area contributed by atoms with Crippen LogP contribution in [0.25, 0.3) is 0 Å². The van der Waals surface area contributed by atoms with Crippen LogP contribution in [-0.2, 0) is 0 Å². The van der Waals surface area contributed by atoms with E-state index in [-0.39, 0.29) is 23.7 Å². The molecule has 0 aromatic heterocycles. The number of carbonyl (C=O) groups is 2. The van der Waals surface area contributed by atoms with Crippen LogP contribution in [0.4, 0.5) is 0 Å². The number of hydrogen-bond acceptors (Lipinski definition) is 4. The van der Waals surface area contributed by atoms with Gasteiger partial charge in [-0.1, -0.05) is 24.3 Å². The van der Waals surface area contributed by atoms with Crippen molar-refractivity contribution in [2.45, 2.75) is 0 Å². The molecule has 2 aromatic rings. The standard InChI is InChI=1S/C16H14O5/c1-20-14-8-4-2-6-11(14)13(17)10-21-15-9-5-3-7-12(15)16(18)19/h2-9H,10H2,1H3,(H,18,19). The van der Waals surface area contributed by atoms with Crippen molar-refractivity contribution >= 4 is 11.8 Å². The monoisotopic (exact) mass is 286 g/mol. The second-order valence-electron chi connectivity index (χ2n) is 4.21. The van der Waals surface area contributed by atoms with Crippen molar-refractivity contribution < 1.29 is 24.2 Å². The van der Waals surface area contributed by atoms with Gasteiger partial charge in [-0.25, -0.2) is 4.79 Å². The van der Waals surface area contributed by atoms with Crippen molar-refractivity contribution in [3.05, 3.63) is 59.7 Å². The topological polar surface area (TPSA) is 72.8 Å². The van der Waals surface area contributed by atoms with Gasteiger partial charge in [0, 0.05) is 0 Å². The van der Waals surface area contributed by atoms with Gasteiger partial charge >= 0.3 is 5.97 Å². The second-order valence-corrected chi connectivity index (χ2v) is 4.21. The zero-order valence-electron chi connectivity index (χ0n) is 11.4. The van der Waals surface area contributed by atoms with Gasteiger partial charge in [0.1, 0.15) is 17.1 Å². The van der Waals surface area contributed by atoms with E-state index in [9.17, 15) is 9.59 Å². The summed E-state index contributed by atoms with van der Waals surface area (Å²) in [5, 5.41) is 9.05. The number of hydrogen-bond donors (Lipinski definition) is 1. The van der Waals surface area contributed by atoms with Crippen LogP contribution in [0.1, 0.15) is 20.7 Å². The molecule has 1 N–H and O–H groups in total. The Hall–Kier alpha value is -2.82. The summed E-state index contributed by atoms with van der Waals surface area (Å²) >= 11 is 0. The van der Waals surface area contributed by atoms with Crippen LogP contribution in [0.2, 0.25) is 0 Å². The van der Waals surface area contributed by atoms with Gasteiger partial charge in [-0.15, -0.1) is 0 Å². The number of para-hydroxylation sites is 2. The molecular formula is C16H14O5. The minimum Gasteiger partial charge on any atom is -0.496 e. The molecule has 0 saturated carbocycles. The number of methoxy groups -OCH3 is 1. The summed E-state index contributed by atoms with van der Waals surface area (Å²) in [6, 6.07) is 13.0. The summed E-state index contributed by atoms with van der Waals surface area (Å²) in [4.78, 5) is 23.2. The SMILES string of the molecule is COc1ccccc1C(=O)COc1ccccc1C(=O)O. The summed E-state index contributed by atoms with van der Waals surface area (Å²) in [6.07, 6.45) is 0. The predicted octanol–water partition coefficient (Wildman–Crippen LogP) is 2.66. The van der Waals surface area contributed by atoms with Crippen LogP contribution in [0.3, 0.4) is 0 Å². The van der Waals surface area contributed by atoms with E-state index in [0.29, 0.717) is 11.3 Å². The average molecular weight is 286 g/mol. The molecule has 0 spiro atoms. The molecular weight excluding hydrogens is 272 g/mol. The van der Waals surface area contributed by atoms with Crippen LogP contribution >= 0.6 is 0 Å². The number of rotatable bonds is 6. The van der Waals surface area contributed by atoms with E-state index in [4.69, 9.17) is 14.6 Å². The Kier molecular flexibility index (Phi) is 4.56. The van der Waals surface area contributed by atoms with Crippen LogP contribution < -0.4 is 9.47 Å². The zero-order chi connectivity index (χ0) is 15.2. The van der Waals surface area contributed by atoms with E-state index in [2.05, 4.69) is 0 Å². The Labute approximate surface area is 121 Å². The normalized spacial score (nSPS) is 9.95. The number of benzene rings is 2. The lowest BCUT2D eigenvalue weighted by molar-refractivity contribution is 0.0689. The second kappa shape index (κ2) is 6.56. The van der Waals surface area contributed by atoms with Crippen molar-refractivity contribution in [2.24, 2.45) is 0 Å². The Balaban J connectivity index is 2.13. The van der Waals surface area contributed by atoms with Gasteiger partial charge in [0.25, 0.3) is 0 Å². The minimum absolute atomic E-state index is 0.0188. The molecule has 0 bridgehead atoms. The third-order valence-corrected chi connectivity index (χ3v) is 2.88. The summed E-state index contributed by atoms with van der Waals surface area (Å²) in [7, 11) is 1.48. The highest BCUT2D eigenvalue weighted by atomic mass is 16.5. The maximum absolute atomic E-state index is 12.1. The van der Waals surface area contributed by atoms with Gasteiger partial charge < -0.3 is 14.6 Å². The van der Waals surface area contributed by atoms with E-state index < -0.39 is 5.97 Å². The van der Waals surface area contributed by atoms with Crippen molar-refractivity contribution in [2.75, 3.05) is 13.7 Å². The van der Waals surface area contributed by atoms with Crippen molar-refractivity contribution in [3.63, 3.8) is 0 Å². The number of ketones is 1.